The molecule has 0 aliphatic heterocycles. The molecule has 1 rings (SSSR count). The molecule has 0 atom stereocenters. The molecule has 0 aromatic heterocycles. The topological polar surface area (TPSA) is 49.8 Å². The summed E-state index contributed by atoms with van der Waals surface area (Å²) in [5.41, 5.74) is 2.27. The second kappa shape index (κ2) is 9.32. The molecule has 4 heteroatoms. The average Bonchev–Trinajstić information content (AvgIpc) is 2.49. The zero-order valence-corrected chi connectivity index (χ0v) is 13.1. The highest BCUT2D eigenvalue weighted by atomic mass is 16.5. The molecule has 1 aromatic rings. The third-order valence-electron chi connectivity index (χ3n) is 3.27. The van der Waals surface area contributed by atoms with Crippen LogP contribution >= 0.6 is 0 Å². The fourth-order valence-electron chi connectivity index (χ4n) is 1.92. The maximum atomic E-state index is 12.1. The zero-order valence-electron chi connectivity index (χ0n) is 13.1. The summed E-state index contributed by atoms with van der Waals surface area (Å²) in [6.45, 7) is 5.51. The number of hydrogen-bond donors (Lipinski definition) is 1. The minimum Gasteiger partial charge on any atom is -0.395 e. The lowest BCUT2D eigenvalue weighted by molar-refractivity contribution is -0.127. The van der Waals surface area contributed by atoms with Gasteiger partial charge in [-0.3, -0.25) is 4.79 Å². The molecule has 0 heterocycles. The van der Waals surface area contributed by atoms with E-state index in [4.69, 9.17) is 9.84 Å². The Morgan fingerprint density at radius 2 is 1.95 bits per heavy atom. The first-order chi connectivity index (χ1) is 10.1. The monoisotopic (exact) mass is 291 g/mol. The highest BCUT2D eigenvalue weighted by Gasteiger charge is 2.09. The van der Waals surface area contributed by atoms with Crippen LogP contribution in [0.5, 0.6) is 0 Å². The molecule has 1 N–H and O–H groups in total. The molecular formula is C17H25NO3. The van der Waals surface area contributed by atoms with Gasteiger partial charge in [-0.1, -0.05) is 38.1 Å². The number of carbonyl (C=O) groups is 1. The number of hydrogen-bond acceptors (Lipinski definition) is 3. The highest BCUT2D eigenvalue weighted by Crippen LogP contribution is 2.15. The van der Waals surface area contributed by atoms with Crippen molar-refractivity contribution in [3.8, 4) is 0 Å². The van der Waals surface area contributed by atoms with Gasteiger partial charge in [-0.2, -0.15) is 0 Å². The minimum absolute atomic E-state index is 0.0492. The fraction of sp³-hybridized carbons (Fsp3) is 0.471. The van der Waals surface area contributed by atoms with E-state index in [9.17, 15) is 4.79 Å². The number of benzene rings is 1. The van der Waals surface area contributed by atoms with Gasteiger partial charge in [0, 0.05) is 26.3 Å². The van der Waals surface area contributed by atoms with Gasteiger partial charge >= 0.3 is 0 Å². The van der Waals surface area contributed by atoms with Crippen molar-refractivity contribution in [1.82, 2.24) is 4.90 Å². The van der Waals surface area contributed by atoms with Gasteiger partial charge in [0.25, 0.3) is 0 Å². The van der Waals surface area contributed by atoms with Crippen LogP contribution in [-0.2, 0) is 9.53 Å². The normalized spacial score (nSPS) is 11.3. The first kappa shape index (κ1) is 17.4. The molecule has 0 spiro atoms. The Hall–Kier alpha value is -1.65. The van der Waals surface area contributed by atoms with E-state index in [-0.39, 0.29) is 12.5 Å². The van der Waals surface area contributed by atoms with Gasteiger partial charge in [0.1, 0.15) is 0 Å². The first-order valence-corrected chi connectivity index (χ1v) is 7.25. The molecule has 0 aliphatic rings. The van der Waals surface area contributed by atoms with Crippen LogP contribution < -0.4 is 0 Å². The number of amides is 1. The van der Waals surface area contributed by atoms with Crippen LogP contribution in [0.15, 0.2) is 30.3 Å². The summed E-state index contributed by atoms with van der Waals surface area (Å²) in [5, 5.41) is 8.99. The molecule has 116 valence electrons. The van der Waals surface area contributed by atoms with Crippen molar-refractivity contribution in [2.24, 2.45) is 0 Å². The highest BCUT2D eigenvalue weighted by molar-refractivity contribution is 5.91. The molecule has 0 saturated heterocycles. The lowest BCUT2D eigenvalue weighted by Crippen LogP contribution is -2.34. The Balaban J connectivity index is 2.65. The molecule has 21 heavy (non-hydrogen) atoms. The summed E-state index contributed by atoms with van der Waals surface area (Å²) in [4.78, 5) is 13.6. The van der Waals surface area contributed by atoms with E-state index < -0.39 is 0 Å². The van der Waals surface area contributed by atoms with Crippen molar-refractivity contribution in [2.45, 2.75) is 19.8 Å². The van der Waals surface area contributed by atoms with Crippen LogP contribution in [0.25, 0.3) is 6.08 Å². The number of rotatable bonds is 8. The molecule has 1 amide bonds. The summed E-state index contributed by atoms with van der Waals surface area (Å²) < 4.78 is 4.97. The lowest BCUT2D eigenvalue weighted by atomic mass is 10.0. The summed E-state index contributed by atoms with van der Waals surface area (Å²) in [6, 6.07) is 8.16. The van der Waals surface area contributed by atoms with E-state index in [1.807, 2.05) is 12.1 Å². The van der Waals surface area contributed by atoms with Crippen molar-refractivity contribution in [1.29, 1.82) is 0 Å². The maximum absolute atomic E-state index is 12.1. The summed E-state index contributed by atoms with van der Waals surface area (Å²) >= 11 is 0. The second-order valence-corrected chi connectivity index (χ2v) is 5.20. The van der Waals surface area contributed by atoms with Gasteiger partial charge in [0.15, 0.2) is 0 Å². The summed E-state index contributed by atoms with van der Waals surface area (Å²) in [7, 11) is 1.59. The Bertz CT molecular complexity index is 452. The fourth-order valence-corrected chi connectivity index (χ4v) is 1.92. The Morgan fingerprint density at radius 1 is 1.29 bits per heavy atom. The number of methoxy groups -OCH3 is 1. The van der Waals surface area contributed by atoms with E-state index in [1.54, 1.807) is 18.1 Å². The number of carbonyl (C=O) groups excluding carboxylic acids is 1. The smallest absolute Gasteiger partial charge is 0.246 e. The van der Waals surface area contributed by atoms with Crippen molar-refractivity contribution in [3.05, 3.63) is 41.5 Å². The third-order valence-corrected chi connectivity index (χ3v) is 3.27. The van der Waals surface area contributed by atoms with Crippen molar-refractivity contribution in [3.63, 3.8) is 0 Å². The van der Waals surface area contributed by atoms with Crippen LogP contribution in [0.1, 0.15) is 30.9 Å². The molecule has 1 aromatic carbocycles. The molecule has 0 radical (unpaired) electrons. The third kappa shape index (κ3) is 6.10. The van der Waals surface area contributed by atoms with Crippen molar-refractivity contribution >= 4 is 12.0 Å². The van der Waals surface area contributed by atoms with Crippen LogP contribution in [-0.4, -0.2) is 49.3 Å². The number of aliphatic hydroxyl groups excluding tert-OH is 1. The number of aliphatic hydroxyl groups is 1. The SMILES string of the molecule is COCCN(CCO)C(=O)/C=C/c1ccc(C(C)C)cc1. The van der Waals surface area contributed by atoms with Crippen molar-refractivity contribution < 1.29 is 14.6 Å². The Labute approximate surface area is 127 Å². The van der Waals surface area contributed by atoms with E-state index in [1.165, 1.54) is 11.6 Å². The van der Waals surface area contributed by atoms with E-state index >= 15 is 0 Å². The van der Waals surface area contributed by atoms with E-state index in [0.29, 0.717) is 25.6 Å². The molecule has 0 unspecified atom stereocenters. The number of nitrogens with zero attached hydrogens (tertiary/aromatic N) is 1. The van der Waals surface area contributed by atoms with Crippen LogP contribution in [0.3, 0.4) is 0 Å². The van der Waals surface area contributed by atoms with Gasteiger partial charge < -0.3 is 14.7 Å². The van der Waals surface area contributed by atoms with Crippen LogP contribution in [0.2, 0.25) is 0 Å². The first-order valence-electron chi connectivity index (χ1n) is 7.25. The van der Waals surface area contributed by atoms with Crippen LogP contribution in [0, 0.1) is 0 Å². The summed E-state index contributed by atoms with van der Waals surface area (Å²) in [5.74, 6) is 0.382. The standard InChI is InChI=1S/C17H25NO3/c1-14(2)16-7-4-15(5-8-16)6-9-17(20)18(10-12-19)11-13-21-3/h4-9,14,19H,10-13H2,1-3H3/b9-6+. The average molecular weight is 291 g/mol. The van der Waals surface area contributed by atoms with E-state index in [0.717, 1.165) is 5.56 Å². The minimum atomic E-state index is -0.117. The Kier molecular flexibility index (Phi) is 7.72. The van der Waals surface area contributed by atoms with Gasteiger partial charge in [-0.15, -0.1) is 0 Å². The lowest BCUT2D eigenvalue weighted by Gasteiger charge is -2.19. The molecule has 0 aliphatic carbocycles. The maximum Gasteiger partial charge on any atom is 0.246 e. The Morgan fingerprint density at radius 3 is 2.48 bits per heavy atom. The molecule has 0 bridgehead atoms. The van der Waals surface area contributed by atoms with E-state index in [2.05, 4.69) is 26.0 Å². The van der Waals surface area contributed by atoms with Crippen LogP contribution in [0.4, 0.5) is 0 Å². The number of ether oxygens (including phenoxy) is 1. The molecule has 0 saturated carbocycles. The van der Waals surface area contributed by atoms with Gasteiger partial charge in [-0.05, 0) is 23.1 Å². The zero-order chi connectivity index (χ0) is 15.7. The van der Waals surface area contributed by atoms with Gasteiger partial charge in [0.05, 0.1) is 13.2 Å². The summed E-state index contributed by atoms with van der Waals surface area (Å²) in [6.07, 6.45) is 3.33. The predicted molar refractivity (Wildman–Crippen MR) is 85.1 cm³/mol. The second-order valence-electron chi connectivity index (χ2n) is 5.20. The molecule has 4 nitrogen and oxygen atoms in total. The van der Waals surface area contributed by atoms with Gasteiger partial charge in [0.2, 0.25) is 5.91 Å². The quantitative estimate of drug-likeness (QED) is 0.748. The predicted octanol–water partition coefficient (Wildman–Crippen LogP) is 2.29. The molecular weight excluding hydrogens is 266 g/mol. The molecule has 0 fully saturated rings. The van der Waals surface area contributed by atoms with Crippen molar-refractivity contribution in [2.75, 3.05) is 33.4 Å². The largest absolute Gasteiger partial charge is 0.395 e. The van der Waals surface area contributed by atoms with Gasteiger partial charge in [-0.25, -0.2) is 0 Å².